The van der Waals surface area contributed by atoms with Gasteiger partial charge in [0.25, 0.3) is 17.7 Å². The van der Waals surface area contributed by atoms with Gasteiger partial charge in [-0.1, -0.05) is 17.7 Å². The summed E-state index contributed by atoms with van der Waals surface area (Å²) in [7, 11) is 0. The zero-order valence-corrected chi connectivity index (χ0v) is 32.2. The molecule has 0 bridgehead atoms. The van der Waals surface area contributed by atoms with Crippen molar-refractivity contribution in [1.29, 1.82) is 0 Å². The fourth-order valence-electron chi connectivity index (χ4n) is 10.1. The number of carbonyl (C=O) groups is 5. The number of anilines is 2. The minimum absolute atomic E-state index is 0.0555. The highest BCUT2D eigenvalue weighted by Gasteiger charge is 2.46. The topological polar surface area (TPSA) is 118 Å². The van der Waals surface area contributed by atoms with E-state index in [1.165, 1.54) is 0 Å². The summed E-state index contributed by atoms with van der Waals surface area (Å²) in [6, 6.07) is 16.9. The first-order chi connectivity index (χ1) is 27.0. The van der Waals surface area contributed by atoms with Crippen LogP contribution in [0.4, 0.5) is 17.1 Å². The molecule has 3 atom stereocenters. The Hall–Kier alpha value is -5.25. The Morgan fingerprint density at radius 3 is 2.23 bits per heavy atom. The molecule has 4 saturated heterocycles. The van der Waals surface area contributed by atoms with Gasteiger partial charge in [-0.2, -0.15) is 0 Å². The third kappa shape index (κ3) is 6.40. The number of imide groups is 2. The van der Waals surface area contributed by atoms with Crippen molar-refractivity contribution in [2.24, 2.45) is 11.3 Å². The fraction of sp³-hybridized carbons (Fsp3) is 0.442. The first-order valence-corrected chi connectivity index (χ1v) is 20.0. The van der Waals surface area contributed by atoms with Crippen molar-refractivity contribution in [3.63, 3.8) is 0 Å². The van der Waals surface area contributed by atoms with Crippen LogP contribution < -0.4 is 15.1 Å². The molecular formula is C43H44ClN7O5. The zero-order valence-electron chi connectivity index (χ0n) is 31.4. The van der Waals surface area contributed by atoms with Crippen LogP contribution in [0.1, 0.15) is 87.6 Å². The highest BCUT2D eigenvalue weighted by molar-refractivity contribution is 6.33. The molecule has 0 radical (unpaired) electrons. The first-order valence-electron chi connectivity index (χ1n) is 19.7. The summed E-state index contributed by atoms with van der Waals surface area (Å²) < 4.78 is 0. The quantitative estimate of drug-likeness (QED) is 0.252. The maximum atomic E-state index is 13.6. The Bertz CT molecular complexity index is 2170. The summed E-state index contributed by atoms with van der Waals surface area (Å²) >= 11 is 6.38. The van der Waals surface area contributed by atoms with Gasteiger partial charge in [0.1, 0.15) is 6.04 Å². The predicted molar refractivity (Wildman–Crippen MR) is 211 cm³/mol. The van der Waals surface area contributed by atoms with Crippen molar-refractivity contribution in [2.75, 3.05) is 49.1 Å². The van der Waals surface area contributed by atoms with Crippen LogP contribution >= 0.6 is 11.6 Å². The standard InChI is InChI=1S/C43H44ClN7O5/c1-26-20-43(25-50(26)32-7-8-36(45-2)35(44)19-32)12-15-48(16-13-43)31-5-3-28(4-6-31)40(54)49-14-11-27(22-49)21-47-23-29-17-33-34(18-30(29)24-47)42(56)51(41(33)55)37-9-10-38(52)46-39(37)53/h3-8,17-19,26-27,37H,9-16,20-25H2,1H3,(H,46,52,53)/t26-,27-,37?/m0/s1. The SMILES string of the molecule is [C-]#[N+]c1ccc(N2CC3(CCN(c4ccc(C(=O)N5CC[C@@H](CN6Cc7cc8c(cc7C6)C(=O)N(C6CCC(=O)NC6=O)C8=O)C5)cc4)CC3)C[C@@H]2C)cc1Cl. The van der Waals surface area contributed by atoms with Crippen LogP contribution in [-0.4, -0.2) is 95.6 Å². The van der Waals surface area contributed by atoms with E-state index in [9.17, 15) is 24.0 Å². The maximum absolute atomic E-state index is 13.6. The minimum Gasteiger partial charge on any atom is -0.371 e. The predicted octanol–water partition coefficient (Wildman–Crippen LogP) is 5.66. The highest BCUT2D eigenvalue weighted by Crippen LogP contribution is 2.46. The van der Waals surface area contributed by atoms with Gasteiger partial charge in [-0.25, -0.2) is 4.85 Å². The number of likely N-dealkylation sites (tertiary alicyclic amines) is 1. The molecule has 6 aliphatic rings. The van der Waals surface area contributed by atoms with E-state index in [2.05, 4.69) is 43.9 Å². The summed E-state index contributed by atoms with van der Waals surface area (Å²) in [6.45, 7) is 16.0. The van der Waals surface area contributed by atoms with Crippen LogP contribution in [0.2, 0.25) is 5.02 Å². The number of nitrogens with zero attached hydrogens (tertiary/aromatic N) is 6. The second kappa shape index (κ2) is 14.0. The average Bonchev–Trinajstić information content (AvgIpc) is 3.95. The smallest absolute Gasteiger partial charge is 0.262 e. The van der Waals surface area contributed by atoms with Gasteiger partial charge in [0.05, 0.1) is 17.7 Å². The Kier molecular flexibility index (Phi) is 9.13. The molecule has 5 amide bonds. The largest absolute Gasteiger partial charge is 0.371 e. The number of carbonyl (C=O) groups excluding carboxylic acids is 5. The molecule has 6 heterocycles. The first kappa shape index (κ1) is 36.4. The Labute approximate surface area is 331 Å². The lowest BCUT2D eigenvalue weighted by atomic mass is 9.76. The van der Waals surface area contributed by atoms with Gasteiger partial charge in [0.2, 0.25) is 17.5 Å². The number of piperidine rings is 2. The number of halogens is 1. The highest BCUT2D eigenvalue weighted by atomic mass is 35.5. The van der Waals surface area contributed by atoms with E-state index in [0.717, 1.165) is 79.3 Å². The molecule has 9 rings (SSSR count). The number of nitrogens with one attached hydrogen (secondary N) is 1. The van der Waals surface area contributed by atoms with Crippen molar-refractivity contribution < 1.29 is 24.0 Å². The van der Waals surface area contributed by atoms with Crippen LogP contribution in [0.3, 0.4) is 0 Å². The molecule has 13 heteroatoms. The van der Waals surface area contributed by atoms with Crippen LogP contribution in [0.5, 0.6) is 0 Å². The van der Waals surface area contributed by atoms with Crippen molar-refractivity contribution in [2.45, 2.75) is 70.6 Å². The second-order valence-corrected chi connectivity index (χ2v) is 17.1. The van der Waals surface area contributed by atoms with Crippen molar-refractivity contribution in [3.05, 3.63) is 98.9 Å². The van der Waals surface area contributed by atoms with E-state index >= 15 is 0 Å². The van der Waals surface area contributed by atoms with Gasteiger partial charge in [-0.15, -0.1) is 0 Å². The Balaban J connectivity index is 0.764. The van der Waals surface area contributed by atoms with Crippen LogP contribution in [0, 0.1) is 17.9 Å². The van der Waals surface area contributed by atoms with E-state index in [1.807, 2.05) is 35.2 Å². The lowest BCUT2D eigenvalue weighted by Gasteiger charge is -2.40. The second-order valence-electron chi connectivity index (χ2n) is 16.7. The van der Waals surface area contributed by atoms with Gasteiger partial charge in [0, 0.05) is 86.8 Å². The third-order valence-corrected chi connectivity index (χ3v) is 13.4. The molecule has 12 nitrogen and oxygen atoms in total. The van der Waals surface area contributed by atoms with Crippen molar-refractivity contribution >= 4 is 58.2 Å². The minimum atomic E-state index is -0.974. The molecule has 3 aromatic carbocycles. The summed E-state index contributed by atoms with van der Waals surface area (Å²) in [5.74, 6) is -1.60. The van der Waals surface area contributed by atoms with Gasteiger partial charge >= 0.3 is 0 Å². The fourth-order valence-corrected chi connectivity index (χ4v) is 10.3. The van der Waals surface area contributed by atoms with Crippen molar-refractivity contribution in [3.8, 4) is 0 Å². The molecule has 0 saturated carbocycles. The molecule has 56 heavy (non-hydrogen) atoms. The number of benzene rings is 3. The Morgan fingerprint density at radius 2 is 1.59 bits per heavy atom. The number of hydrogen-bond donors (Lipinski definition) is 1. The summed E-state index contributed by atoms with van der Waals surface area (Å²) in [4.78, 5) is 78.0. The molecule has 1 spiro atoms. The molecule has 1 unspecified atom stereocenters. The third-order valence-electron chi connectivity index (χ3n) is 13.1. The lowest BCUT2D eigenvalue weighted by molar-refractivity contribution is -0.136. The van der Waals surface area contributed by atoms with Crippen LogP contribution in [0.25, 0.3) is 4.85 Å². The summed E-state index contributed by atoms with van der Waals surface area (Å²) in [6.07, 6.45) is 4.47. The monoisotopic (exact) mass is 773 g/mol. The van der Waals surface area contributed by atoms with Crippen molar-refractivity contribution in [1.82, 2.24) is 20.0 Å². The van der Waals surface area contributed by atoms with Crippen LogP contribution in [-0.2, 0) is 22.7 Å². The molecule has 3 aromatic rings. The van der Waals surface area contributed by atoms with E-state index in [-0.39, 0.29) is 24.2 Å². The summed E-state index contributed by atoms with van der Waals surface area (Å²) in [5.41, 5.74) is 6.30. The van der Waals surface area contributed by atoms with Gasteiger partial charge in [0.15, 0.2) is 0 Å². The molecule has 0 aliphatic carbocycles. The molecule has 4 fully saturated rings. The summed E-state index contributed by atoms with van der Waals surface area (Å²) in [5, 5.41) is 2.75. The van der Waals surface area contributed by atoms with Crippen LogP contribution in [0.15, 0.2) is 54.6 Å². The molecule has 1 N–H and O–H groups in total. The van der Waals surface area contributed by atoms with Gasteiger partial charge < -0.3 is 14.7 Å². The van der Waals surface area contributed by atoms with E-state index in [0.29, 0.717) is 65.5 Å². The zero-order chi connectivity index (χ0) is 38.9. The number of amides is 5. The van der Waals surface area contributed by atoms with E-state index < -0.39 is 29.7 Å². The number of hydrogen-bond acceptors (Lipinski definition) is 8. The maximum Gasteiger partial charge on any atom is 0.262 e. The van der Waals surface area contributed by atoms with Gasteiger partial charge in [-0.05, 0) is 110 Å². The molecule has 288 valence electrons. The molecule has 0 aromatic heterocycles. The molecular weight excluding hydrogens is 730 g/mol. The van der Waals surface area contributed by atoms with Gasteiger partial charge in [-0.3, -0.25) is 39.1 Å². The number of rotatable bonds is 6. The normalized spacial score (nSPS) is 24.6. The molecule has 6 aliphatic heterocycles. The Morgan fingerprint density at radius 1 is 0.911 bits per heavy atom. The number of fused-ring (bicyclic) bond motifs is 2. The average molecular weight is 774 g/mol. The van der Waals surface area contributed by atoms with E-state index in [1.54, 1.807) is 12.1 Å². The lowest BCUT2D eigenvalue weighted by Crippen LogP contribution is -2.54. The van der Waals surface area contributed by atoms with E-state index in [4.69, 9.17) is 18.2 Å².